The number of nitrogens with one attached hydrogen (secondary N) is 1. The summed E-state index contributed by atoms with van der Waals surface area (Å²) < 4.78 is 4.97. The van der Waals surface area contributed by atoms with E-state index in [2.05, 4.69) is 5.32 Å². The van der Waals surface area contributed by atoms with Crippen LogP contribution in [0.2, 0.25) is 0 Å². The van der Waals surface area contributed by atoms with Crippen molar-refractivity contribution in [3.63, 3.8) is 0 Å². The number of phenolic OH excluding ortho intramolecular Hbond substituents is 4. The van der Waals surface area contributed by atoms with Crippen LogP contribution in [0.25, 0.3) is 6.08 Å². The minimum absolute atomic E-state index is 0.0479. The molecule has 0 radical (unpaired) electrons. The largest absolute Gasteiger partial charge is 0.504 e. The van der Waals surface area contributed by atoms with E-state index in [9.17, 15) is 30.0 Å². The summed E-state index contributed by atoms with van der Waals surface area (Å²) >= 11 is 0. The van der Waals surface area contributed by atoms with Crippen LogP contribution in [0.1, 0.15) is 18.1 Å². The Labute approximate surface area is 161 Å². The van der Waals surface area contributed by atoms with Gasteiger partial charge in [-0.2, -0.15) is 0 Å². The average Bonchev–Trinajstić information content (AvgIpc) is 2.65. The maximum absolute atomic E-state index is 12.2. The number of carbonyl (C=O) groups excluding carboxylic acids is 2. The zero-order valence-corrected chi connectivity index (χ0v) is 15.1. The molecular formula is C20H21NO7. The molecule has 0 aliphatic rings. The van der Waals surface area contributed by atoms with Crippen LogP contribution in [-0.2, 0) is 20.7 Å². The van der Waals surface area contributed by atoms with Crippen molar-refractivity contribution in [1.29, 1.82) is 0 Å². The van der Waals surface area contributed by atoms with Gasteiger partial charge in [-0.15, -0.1) is 0 Å². The van der Waals surface area contributed by atoms with Gasteiger partial charge in [0.05, 0.1) is 6.61 Å². The zero-order valence-electron chi connectivity index (χ0n) is 15.1. The summed E-state index contributed by atoms with van der Waals surface area (Å²) in [5.74, 6) is -2.44. The Kier molecular flexibility index (Phi) is 6.86. The van der Waals surface area contributed by atoms with Gasteiger partial charge < -0.3 is 30.5 Å². The third-order valence-corrected chi connectivity index (χ3v) is 3.79. The molecule has 0 aliphatic carbocycles. The molecule has 0 spiro atoms. The lowest BCUT2D eigenvalue weighted by atomic mass is 10.0. The summed E-state index contributed by atoms with van der Waals surface area (Å²) in [4.78, 5) is 24.3. The first kappa shape index (κ1) is 20.6. The highest BCUT2D eigenvalue weighted by Crippen LogP contribution is 2.26. The molecule has 0 saturated carbocycles. The molecule has 0 saturated heterocycles. The van der Waals surface area contributed by atoms with Crippen LogP contribution in [-0.4, -0.2) is 45.0 Å². The van der Waals surface area contributed by atoms with Crippen molar-refractivity contribution in [1.82, 2.24) is 5.32 Å². The Bertz CT molecular complexity index is 892. The van der Waals surface area contributed by atoms with Crippen LogP contribution in [0.3, 0.4) is 0 Å². The predicted octanol–water partition coefficient (Wildman–Crippen LogP) is 1.81. The number of aromatic hydroxyl groups is 4. The van der Waals surface area contributed by atoms with E-state index in [1.54, 1.807) is 6.92 Å². The van der Waals surface area contributed by atoms with E-state index >= 15 is 0 Å². The van der Waals surface area contributed by atoms with E-state index in [-0.39, 0.29) is 36.0 Å². The predicted molar refractivity (Wildman–Crippen MR) is 101 cm³/mol. The van der Waals surface area contributed by atoms with Gasteiger partial charge in [-0.25, -0.2) is 4.79 Å². The molecular weight excluding hydrogens is 366 g/mol. The molecule has 8 nitrogen and oxygen atoms in total. The highest BCUT2D eigenvalue weighted by Gasteiger charge is 2.22. The Morgan fingerprint density at radius 1 is 1.00 bits per heavy atom. The number of hydrogen-bond donors (Lipinski definition) is 5. The van der Waals surface area contributed by atoms with E-state index < -0.39 is 17.9 Å². The van der Waals surface area contributed by atoms with Gasteiger partial charge in [0.25, 0.3) is 0 Å². The molecule has 0 aliphatic heterocycles. The highest BCUT2D eigenvalue weighted by molar-refractivity contribution is 5.94. The quantitative estimate of drug-likeness (QED) is 0.278. The maximum atomic E-state index is 12.2. The van der Waals surface area contributed by atoms with Crippen molar-refractivity contribution in [3.05, 3.63) is 53.6 Å². The van der Waals surface area contributed by atoms with Crippen molar-refractivity contribution in [2.45, 2.75) is 19.4 Å². The fourth-order valence-electron chi connectivity index (χ4n) is 2.40. The van der Waals surface area contributed by atoms with E-state index in [1.807, 2.05) is 0 Å². The number of benzene rings is 2. The molecule has 0 aromatic heterocycles. The Morgan fingerprint density at radius 3 is 2.25 bits per heavy atom. The first-order valence-electron chi connectivity index (χ1n) is 8.48. The van der Waals surface area contributed by atoms with Crippen LogP contribution in [0.4, 0.5) is 0 Å². The third kappa shape index (κ3) is 5.66. The molecule has 5 N–H and O–H groups in total. The molecule has 2 rings (SSSR count). The van der Waals surface area contributed by atoms with Crippen LogP contribution in [0.15, 0.2) is 42.5 Å². The molecule has 28 heavy (non-hydrogen) atoms. The third-order valence-electron chi connectivity index (χ3n) is 3.79. The lowest BCUT2D eigenvalue weighted by Crippen LogP contribution is -2.42. The summed E-state index contributed by atoms with van der Waals surface area (Å²) in [5.41, 5.74) is 0.989. The smallest absolute Gasteiger partial charge is 0.328 e. The van der Waals surface area contributed by atoms with Gasteiger partial charge in [0.2, 0.25) is 5.91 Å². The molecule has 148 valence electrons. The summed E-state index contributed by atoms with van der Waals surface area (Å²) in [6, 6.07) is 7.15. The standard InChI is InChI=1S/C20H21NO7/c1-2-28-20(27)14(9-13-4-7-16(23)18(25)11-13)21-19(26)8-5-12-3-6-15(22)17(24)10-12/h3-8,10-11,14,22-25H,2,9H2,1H3,(H,21,26)/b8-5+/t14-/m0/s1. The van der Waals surface area contributed by atoms with Gasteiger partial charge in [-0.3, -0.25) is 4.79 Å². The minimum atomic E-state index is -1.01. The first-order chi connectivity index (χ1) is 13.3. The second kappa shape index (κ2) is 9.31. The van der Waals surface area contributed by atoms with E-state index in [0.29, 0.717) is 11.1 Å². The zero-order chi connectivity index (χ0) is 20.7. The van der Waals surface area contributed by atoms with Gasteiger partial charge in [-0.05, 0) is 48.4 Å². The number of rotatable bonds is 7. The average molecular weight is 387 g/mol. The molecule has 8 heteroatoms. The summed E-state index contributed by atoms with van der Waals surface area (Å²) in [7, 11) is 0. The molecule has 0 bridgehead atoms. The first-order valence-corrected chi connectivity index (χ1v) is 8.48. The number of esters is 1. The molecule has 1 amide bonds. The Hall–Kier alpha value is -3.68. The van der Waals surface area contributed by atoms with Crippen molar-refractivity contribution < 1.29 is 34.8 Å². The molecule has 0 heterocycles. The normalized spacial score (nSPS) is 11.9. The van der Waals surface area contributed by atoms with Crippen molar-refractivity contribution in [2.75, 3.05) is 6.61 Å². The number of ether oxygens (including phenoxy) is 1. The Balaban J connectivity index is 2.11. The maximum Gasteiger partial charge on any atom is 0.328 e. The van der Waals surface area contributed by atoms with Gasteiger partial charge in [0, 0.05) is 12.5 Å². The van der Waals surface area contributed by atoms with Crippen molar-refractivity contribution in [3.8, 4) is 23.0 Å². The van der Waals surface area contributed by atoms with Crippen molar-refractivity contribution in [2.24, 2.45) is 0 Å². The van der Waals surface area contributed by atoms with Crippen LogP contribution < -0.4 is 5.32 Å². The van der Waals surface area contributed by atoms with Crippen LogP contribution >= 0.6 is 0 Å². The highest BCUT2D eigenvalue weighted by atomic mass is 16.5. The van der Waals surface area contributed by atoms with Crippen molar-refractivity contribution >= 4 is 18.0 Å². The second-order valence-electron chi connectivity index (χ2n) is 5.92. The van der Waals surface area contributed by atoms with Gasteiger partial charge in [-0.1, -0.05) is 12.1 Å². The Morgan fingerprint density at radius 2 is 1.64 bits per heavy atom. The van der Waals surface area contributed by atoms with Crippen LogP contribution in [0.5, 0.6) is 23.0 Å². The lowest BCUT2D eigenvalue weighted by molar-refractivity contribution is -0.146. The van der Waals surface area contributed by atoms with E-state index in [4.69, 9.17) is 4.74 Å². The number of amides is 1. The second-order valence-corrected chi connectivity index (χ2v) is 5.92. The van der Waals surface area contributed by atoms with Crippen LogP contribution in [0, 0.1) is 0 Å². The minimum Gasteiger partial charge on any atom is -0.504 e. The van der Waals surface area contributed by atoms with Gasteiger partial charge in [0.1, 0.15) is 6.04 Å². The SMILES string of the molecule is CCOC(=O)[C@H](Cc1ccc(O)c(O)c1)NC(=O)/C=C/c1ccc(O)c(O)c1. The lowest BCUT2D eigenvalue weighted by Gasteiger charge is -2.16. The number of phenols is 4. The molecule has 0 unspecified atom stereocenters. The fourth-order valence-corrected chi connectivity index (χ4v) is 2.40. The topological polar surface area (TPSA) is 136 Å². The fraction of sp³-hybridized carbons (Fsp3) is 0.200. The summed E-state index contributed by atoms with van der Waals surface area (Å²) in [6.07, 6.45) is 2.63. The molecule has 2 aromatic rings. The van der Waals surface area contributed by atoms with E-state index in [1.165, 1.54) is 48.6 Å². The molecule has 2 aromatic carbocycles. The molecule has 1 atom stereocenters. The summed E-state index contributed by atoms with van der Waals surface area (Å²) in [5, 5.41) is 40.2. The summed E-state index contributed by atoms with van der Waals surface area (Å²) in [6.45, 7) is 1.77. The van der Waals surface area contributed by atoms with Gasteiger partial charge >= 0.3 is 5.97 Å². The monoisotopic (exact) mass is 387 g/mol. The van der Waals surface area contributed by atoms with Gasteiger partial charge in [0.15, 0.2) is 23.0 Å². The molecule has 0 fully saturated rings. The number of hydrogen-bond acceptors (Lipinski definition) is 7. The van der Waals surface area contributed by atoms with E-state index in [0.717, 1.165) is 0 Å². The number of carbonyl (C=O) groups is 2.